The first-order valence-corrected chi connectivity index (χ1v) is 10.3. The van der Waals surface area contributed by atoms with E-state index in [1.807, 2.05) is 33.8 Å². The minimum Gasteiger partial charge on any atom is -0.482 e. The topological polar surface area (TPSA) is 72.8 Å². The summed E-state index contributed by atoms with van der Waals surface area (Å²) >= 11 is 0. The van der Waals surface area contributed by atoms with Crippen molar-refractivity contribution in [3.05, 3.63) is 78.9 Å². The Hall–Kier alpha value is -3.18. The van der Waals surface area contributed by atoms with Crippen molar-refractivity contribution in [3.63, 3.8) is 0 Å². The number of carbonyl (C=O) groups excluding carboxylic acids is 1. The number of fused-ring (bicyclic) bond motifs is 1. The number of ketones is 1. The Bertz CT molecular complexity index is 751. The summed E-state index contributed by atoms with van der Waals surface area (Å²) < 4.78 is 9.32. The number of aliphatic carboxylic acids is 1. The Morgan fingerprint density at radius 1 is 0.697 bits per heavy atom. The van der Waals surface area contributed by atoms with Gasteiger partial charge in [-0.2, -0.15) is 0 Å². The van der Waals surface area contributed by atoms with Gasteiger partial charge in [0.25, 0.3) is 0 Å². The first kappa shape index (κ1) is 37.2. The quantitative estimate of drug-likeness (QED) is 0.426. The van der Waals surface area contributed by atoms with Crippen LogP contribution in [0.4, 0.5) is 0 Å². The summed E-state index contributed by atoms with van der Waals surface area (Å²) in [7, 11) is 1.50. The fourth-order valence-electron chi connectivity index (χ4n) is 2.00. The molecule has 0 saturated heterocycles. The standard InChI is InChI=1S/C10H8.C8H8O3.C4H8O2.2C2H6.2CH4/c1-2-6-10-8-4-3-7-9(10)5-1;9-8(10)6-11-7-4-2-1-3-5-7;1-4(5)3-6-2;2*1-2;;/h1-8H;1-5H,6H2,(H,9,10);3H2,1-2H3;2*1-2H3;2*1H4. The number of hydrogen-bond acceptors (Lipinski definition) is 4. The molecule has 0 radical (unpaired) electrons. The van der Waals surface area contributed by atoms with Gasteiger partial charge in [0.05, 0.1) is 0 Å². The zero-order chi connectivity index (χ0) is 23.9. The molecule has 0 aliphatic heterocycles. The molecule has 0 aliphatic carbocycles. The van der Waals surface area contributed by atoms with Gasteiger partial charge in [0.2, 0.25) is 0 Å². The van der Waals surface area contributed by atoms with Crippen LogP contribution < -0.4 is 4.74 Å². The van der Waals surface area contributed by atoms with Crippen molar-refractivity contribution in [1.82, 2.24) is 0 Å². The van der Waals surface area contributed by atoms with Gasteiger partial charge in [-0.3, -0.25) is 4.79 Å². The molecule has 0 bridgehead atoms. The zero-order valence-corrected chi connectivity index (χ0v) is 19.5. The van der Waals surface area contributed by atoms with Crippen LogP contribution in [0.15, 0.2) is 78.9 Å². The van der Waals surface area contributed by atoms with Crippen LogP contribution in [0.5, 0.6) is 5.75 Å². The van der Waals surface area contributed by atoms with Crippen molar-refractivity contribution in [3.8, 4) is 5.75 Å². The number of Topliss-reactive ketones (excluding diaryl/α,β-unsaturated/α-hetero) is 1. The highest BCUT2D eigenvalue weighted by Gasteiger charge is 1.96. The highest BCUT2D eigenvalue weighted by atomic mass is 16.5. The molecule has 3 aromatic carbocycles. The Balaban J connectivity index is -0.000000178. The number of carboxylic acid groups (broad SMARTS) is 1. The molecule has 186 valence electrons. The first-order chi connectivity index (χ1) is 15.0. The van der Waals surface area contributed by atoms with Crippen molar-refractivity contribution in [1.29, 1.82) is 0 Å². The van der Waals surface area contributed by atoms with E-state index in [0.717, 1.165) is 0 Å². The number of para-hydroxylation sites is 1. The second-order valence-corrected chi connectivity index (χ2v) is 5.48. The summed E-state index contributed by atoms with van der Waals surface area (Å²) in [5.41, 5.74) is 0. The van der Waals surface area contributed by atoms with Gasteiger partial charge in [0, 0.05) is 7.11 Å². The fraction of sp³-hybridized carbons (Fsp3) is 0.357. The van der Waals surface area contributed by atoms with E-state index < -0.39 is 5.97 Å². The average Bonchev–Trinajstić information content (AvgIpc) is 2.82. The maximum absolute atomic E-state index is 10.0. The van der Waals surface area contributed by atoms with Gasteiger partial charge in [-0.25, -0.2) is 4.79 Å². The smallest absolute Gasteiger partial charge is 0.341 e. The molecule has 0 spiro atoms. The van der Waals surface area contributed by atoms with Crippen LogP contribution in [-0.2, 0) is 14.3 Å². The molecule has 0 fully saturated rings. The van der Waals surface area contributed by atoms with Gasteiger partial charge in [0.1, 0.15) is 12.4 Å². The van der Waals surface area contributed by atoms with E-state index in [2.05, 4.69) is 53.3 Å². The third-order valence-electron chi connectivity index (χ3n) is 3.11. The van der Waals surface area contributed by atoms with Crippen LogP contribution >= 0.6 is 0 Å². The predicted octanol–water partition coefficient (Wildman–Crippen LogP) is 7.54. The van der Waals surface area contributed by atoms with Crippen LogP contribution in [0.1, 0.15) is 49.5 Å². The van der Waals surface area contributed by atoms with Crippen molar-refractivity contribution in [2.45, 2.75) is 49.5 Å². The van der Waals surface area contributed by atoms with Crippen LogP contribution in [0, 0.1) is 0 Å². The minimum absolute atomic E-state index is 0. The summed E-state index contributed by atoms with van der Waals surface area (Å²) in [6.07, 6.45) is 0. The second-order valence-electron chi connectivity index (χ2n) is 5.48. The number of hydrogen-bond donors (Lipinski definition) is 1. The lowest BCUT2D eigenvalue weighted by molar-refractivity contribution is -0.139. The molecule has 3 aromatic rings. The normalized spacial score (nSPS) is 7.94. The number of rotatable bonds is 5. The van der Waals surface area contributed by atoms with Crippen LogP contribution in [0.25, 0.3) is 10.8 Å². The maximum Gasteiger partial charge on any atom is 0.341 e. The summed E-state index contributed by atoms with van der Waals surface area (Å²) in [6, 6.07) is 25.6. The highest BCUT2D eigenvalue weighted by molar-refractivity contribution is 5.82. The molecule has 0 saturated carbocycles. The molecule has 0 unspecified atom stereocenters. The summed E-state index contributed by atoms with van der Waals surface area (Å²) in [5, 5.41) is 10.9. The van der Waals surface area contributed by atoms with Gasteiger partial charge in [0.15, 0.2) is 12.4 Å². The van der Waals surface area contributed by atoms with Gasteiger partial charge in [-0.1, -0.05) is 109 Å². The van der Waals surface area contributed by atoms with Gasteiger partial charge in [-0.05, 0) is 29.8 Å². The van der Waals surface area contributed by atoms with Crippen LogP contribution in [0.2, 0.25) is 0 Å². The molecule has 3 rings (SSSR count). The molecule has 0 amide bonds. The van der Waals surface area contributed by atoms with Crippen molar-refractivity contribution >= 4 is 22.5 Å². The second kappa shape index (κ2) is 26.9. The van der Waals surface area contributed by atoms with E-state index in [-0.39, 0.29) is 33.9 Å². The van der Waals surface area contributed by atoms with E-state index in [1.165, 1.54) is 24.8 Å². The molecular formula is C28H44O5. The SMILES string of the molecule is C.C.CC.CC.COCC(C)=O.O=C(O)COc1ccccc1.c1ccc2ccccc2c1. The van der Waals surface area contributed by atoms with E-state index in [4.69, 9.17) is 9.84 Å². The Morgan fingerprint density at radius 2 is 1.06 bits per heavy atom. The van der Waals surface area contributed by atoms with Gasteiger partial charge in [-0.15, -0.1) is 0 Å². The van der Waals surface area contributed by atoms with Crippen LogP contribution in [-0.4, -0.2) is 37.2 Å². The predicted molar refractivity (Wildman–Crippen MR) is 142 cm³/mol. The number of carbonyl (C=O) groups is 2. The number of benzene rings is 3. The Morgan fingerprint density at radius 3 is 1.33 bits per heavy atom. The summed E-state index contributed by atoms with van der Waals surface area (Å²) in [4.78, 5) is 20.0. The monoisotopic (exact) mass is 460 g/mol. The number of ether oxygens (including phenoxy) is 2. The van der Waals surface area contributed by atoms with Crippen molar-refractivity contribution in [2.24, 2.45) is 0 Å². The zero-order valence-electron chi connectivity index (χ0n) is 19.5. The van der Waals surface area contributed by atoms with E-state index in [0.29, 0.717) is 5.75 Å². The lowest BCUT2D eigenvalue weighted by atomic mass is 10.1. The van der Waals surface area contributed by atoms with E-state index in [9.17, 15) is 9.59 Å². The number of carboxylic acids is 1. The molecule has 0 aromatic heterocycles. The van der Waals surface area contributed by atoms with Gasteiger partial charge >= 0.3 is 5.97 Å². The number of methoxy groups -OCH3 is 1. The molecule has 0 aliphatic rings. The maximum atomic E-state index is 10.0. The van der Waals surface area contributed by atoms with Crippen molar-refractivity contribution in [2.75, 3.05) is 20.3 Å². The third-order valence-corrected chi connectivity index (χ3v) is 3.11. The Kier molecular flexibility index (Phi) is 30.2. The summed E-state index contributed by atoms with van der Waals surface area (Å²) in [6.45, 7) is 9.44. The largest absolute Gasteiger partial charge is 0.482 e. The minimum atomic E-state index is -0.964. The molecule has 1 N–H and O–H groups in total. The summed E-state index contributed by atoms with van der Waals surface area (Å²) in [5.74, 6) is -0.318. The fourth-order valence-corrected chi connectivity index (χ4v) is 2.00. The molecule has 0 atom stereocenters. The molecule has 5 heteroatoms. The average molecular weight is 461 g/mol. The van der Waals surface area contributed by atoms with E-state index >= 15 is 0 Å². The van der Waals surface area contributed by atoms with E-state index in [1.54, 1.807) is 24.3 Å². The highest BCUT2D eigenvalue weighted by Crippen LogP contribution is 2.11. The molecular weight excluding hydrogens is 416 g/mol. The molecule has 5 nitrogen and oxygen atoms in total. The lowest BCUT2D eigenvalue weighted by Crippen LogP contribution is -2.09. The lowest BCUT2D eigenvalue weighted by Gasteiger charge is -2.00. The van der Waals surface area contributed by atoms with Gasteiger partial charge < -0.3 is 14.6 Å². The van der Waals surface area contributed by atoms with Crippen molar-refractivity contribution < 1.29 is 24.2 Å². The first-order valence-electron chi connectivity index (χ1n) is 10.3. The molecule has 0 heterocycles. The molecule has 33 heavy (non-hydrogen) atoms. The Labute approximate surface area is 201 Å². The third kappa shape index (κ3) is 21.8. The van der Waals surface area contributed by atoms with Crippen LogP contribution in [0.3, 0.4) is 0 Å².